The van der Waals surface area contributed by atoms with E-state index >= 15 is 0 Å². The summed E-state index contributed by atoms with van der Waals surface area (Å²) in [5.74, 6) is 0.779. The van der Waals surface area contributed by atoms with E-state index < -0.39 is 6.10 Å². The van der Waals surface area contributed by atoms with Crippen molar-refractivity contribution in [3.63, 3.8) is 0 Å². The third kappa shape index (κ3) is 41.6. The summed E-state index contributed by atoms with van der Waals surface area (Å²) in [6.45, 7) is 11.3. The Bertz CT molecular complexity index is 824. The van der Waals surface area contributed by atoms with Gasteiger partial charge in [-0.1, -0.05) is 221 Å². The Morgan fingerprint density at radius 2 is 0.611 bits per heavy atom. The maximum absolute atomic E-state index is 12.7. The van der Waals surface area contributed by atoms with Crippen LogP contribution in [-0.2, 0) is 28.6 Å². The highest BCUT2D eigenvalue weighted by molar-refractivity contribution is 5.71. The Labute approximate surface area is 336 Å². The molecule has 0 heterocycles. The van der Waals surface area contributed by atoms with Crippen LogP contribution < -0.4 is 0 Å². The Kier molecular flexibility index (Phi) is 39.8. The second-order valence-electron chi connectivity index (χ2n) is 17.3. The molecule has 54 heavy (non-hydrogen) atoms. The van der Waals surface area contributed by atoms with E-state index in [1.54, 1.807) is 0 Å². The molecule has 6 nitrogen and oxygen atoms in total. The third-order valence-corrected chi connectivity index (χ3v) is 10.7. The van der Waals surface area contributed by atoms with Gasteiger partial charge < -0.3 is 14.2 Å². The fourth-order valence-electron chi connectivity index (χ4n) is 7.11. The molecule has 0 N–H and O–H groups in total. The average Bonchev–Trinajstić information content (AvgIpc) is 3.14. The van der Waals surface area contributed by atoms with E-state index in [1.165, 1.54) is 148 Å². The maximum Gasteiger partial charge on any atom is 0.306 e. The predicted octanol–water partition coefficient (Wildman–Crippen LogP) is 15.0. The Morgan fingerprint density at radius 3 is 0.907 bits per heavy atom. The van der Waals surface area contributed by atoms with Crippen LogP contribution >= 0.6 is 0 Å². The normalized spacial score (nSPS) is 12.1. The first-order chi connectivity index (χ1) is 26.2. The van der Waals surface area contributed by atoms with Crippen molar-refractivity contribution < 1.29 is 28.6 Å². The lowest BCUT2D eigenvalue weighted by Gasteiger charge is -2.18. The van der Waals surface area contributed by atoms with E-state index in [9.17, 15) is 14.4 Å². The number of carbonyl (C=O) groups excluding carboxylic acids is 3. The van der Waals surface area contributed by atoms with Gasteiger partial charge in [0.15, 0.2) is 6.10 Å². The number of carbonyl (C=O) groups is 3. The summed E-state index contributed by atoms with van der Waals surface area (Å²) in [5, 5.41) is 0. The van der Waals surface area contributed by atoms with Crippen LogP contribution in [0.2, 0.25) is 0 Å². The summed E-state index contributed by atoms with van der Waals surface area (Å²) >= 11 is 0. The molecular formula is C48H92O6. The van der Waals surface area contributed by atoms with E-state index in [4.69, 9.17) is 14.2 Å². The molecular weight excluding hydrogens is 673 g/mol. The zero-order chi connectivity index (χ0) is 39.7. The minimum absolute atomic E-state index is 0.0647. The van der Waals surface area contributed by atoms with Crippen LogP contribution in [0.15, 0.2) is 0 Å². The van der Waals surface area contributed by atoms with Gasteiger partial charge >= 0.3 is 17.9 Å². The Morgan fingerprint density at radius 1 is 0.352 bits per heavy atom. The predicted molar refractivity (Wildman–Crippen MR) is 229 cm³/mol. The SMILES string of the molecule is CCCCCCCCCCCCC(=O)OC[C@H](COC(=O)CCCCCCCCCCCCC(C)C)OC(=O)CCCCCCCCCCCCC(C)C. The zero-order valence-corrected chi connectivity index (χ0v) is 36.8. The molecule has 0 spiro atoms. The van der Waals surface area contributed by atoms with E-state index in [1.807, 2.05) is 0 Å². The fourth-order valence-corrected chi connectivity index (χ4v) is 7.11. The molecule has 0 aromatic carbocycles. The molecule has 0 unspecified atom stereocenters. The van der Waals surface area contributed by atoms with E-state index in [2.05, 4.69) is 34.6 Å². The number of unbranched alkanes of at least 4 members (excludes halogenated alkanes) is 27. The largest absolute Gasteiger partial charge is 0.462 e. The molecule has 0 aromatic rings. The standard InChI is InChI=1S/C48H92O6/c1-6-7-8-9-10-11-18-23-28-33-38-46(49)52-41-45(54-48(51)40-35-30-25-20-15-13-17-22-27-32-37-44(4)5)42-53-47(50)39-34-29-24-19-14-12-16-21-26-31-36-43(2)3/h43-45H,6-42H2,1-5H3/t45-/m1/s1. The van der Waals surface area contributed by atoms with Crippen LogP contribution in [0.25, 0.3) is 0 Å². The second-order valence-corrected chi connectivity index (χ2v) is 17.3. The minimum atomic E-state index is -0.760. The van der Waals surface area contributed by atoms with Crippen molar-refractivity contribution >= 4 is 17.9 Å². The van der Waals surface area contributed by atoms with Crippen molar-refractivity contribution in [2.24, 2.45) is 11.8 Å². The van der Waals surface area contributed by atoms with Crippen molar-refractivity contribution in [2.45, 2.75) is 265 Å². The molecule has 0 saturated heterocycles. The van der Waals surface area contributed by atoms with Crippen molar-refractivity contribution in [3.05, 3.63) is 0 Å². The molecule has 6 heteroatoms. The molecule has 0 aliphatic heterocycles. The van der Waals surface area contributed by atoms with Gasteiger partial charge in [-0.05, 0) is 31.1 Å². The smallest absolute Gasteiger partial charge is 0.306 e. The topological polar surface area (TPSA) is 78.9 Å². The number of hydrogen-bond donors (Lipinski definition) is 0. The first-order valence-electron chi connectivity index (χ1n) is 23.7. The van der Waals surface area contributed by atoms with E-state index in [-0.39, 0.29) is 31.1 Å². The van der Waals surface area contributed by atoms with Gasteiger partial charge in [0.25, 0.3) is 0 Å². The summed E-state index contributed by atoms with van der Waals surface area (Å²) in [5.41, 5.74) is 0. The quantitative estimate of drug-likeness (QED) is 0.0350. The first-order valence-corrected chi connectivity index (χ1v) is 23.7. The molecule has 0 bridgehead atoms. The van der Waals surface area contributed by atoms with Crippen LogP contribution in [0.4, 0.5) is 0 Å². The van der Waals surface area contributed by atoms with Gasteiger partial charge in [0.1, 0.15) is 13.2 Å². The molecule has 1 atom stereocenters. The zero-order valence-electron chi connectivity index (χ0n) is 36.8. The molecule has 320 valence electrons. The highest BCUT2D eigenvalue weighted by Crippen LogP contribution is 2.17. The molecule has 0 aliphatic rings. The van der Waals surface area contributed by atoms with Crippen molar-refractivity contribution in [3.8, 4) is 0 Å². The summed E-state index contributed by atoms with van der Waals surface area (Å²) in [6, 6.07) is 0. The minimum Gasteiger partial charge on any atom is -0.462 e. The molecule has 0 radical (unpaired) electrons. The first kappa shape index (κ1) is 52.4. The van der Waals surface area contributed by atoms with Crippen LogP contribution in [0.5, 0.6) is 0 Å². The monoisotopic (exact) mass is 765 g/mol. The van der Waals surface area contributed by atoms with Gasteiger partial charge in [0.05, 0.1) is 0 Å². The maximum atomic E-state index is 12.7. The second kappa shape index (κ2) is 41.1. The average molecular weight is 765 g/mol. The number of hydrogen-bond acceptors (Lipinski definition) is 6. The van der Waals surface area contributed by atoms with Crippen molar-refractivity contribution in [1.29, 1.82) is 0 Å². The van der Waals surface area contributed by atoms with Gasteiger partial charge in [0.2, 0.25) is 0 Å². The van der Waals surface area contributed by atoms with Crippen LogP contribution in [0, 0.1) is 11.8 Å². The summed E-state index contributed by atoms with van der Waals surface area (Å²) in [4.78, 5) is 37.7. The van der Waals surface area contributed by atoms with Gasteiger partial charge in [0, 0.05) is 19.3 Å². The lowest BCUT2D eigenvalue weighted by Crippen LogP contribution is -2.30. The van der Waals surface area contributed by atoms with E-state index in [0.29, 0.717) is 19.3 Å². The van der Waals surface area contributed by atoms with Gasteiger partial charge in [-0.3, -0.25) is 14.4 Å². The van der Waals surface area contributed by atoms with Crippen LogP contribution in [0.3, 0.4) is 0 Å². The lowest BCUT2D eigenvalue weighted by molar-refractivity contribution is -0.167. The van der Waals surface area contributed by atoms with Gasteiger partial charge in [-0.25, -0.2) is 0 Å². The molecule has 0 fully saturated rings. The van der Waals surface area contributed by atoms with Crippen LogP contribution in [-0.4, -0.2) is 37.2 Å². The summed E-state index contributed by atoms with van der Waals surface area (Å²) in [6.07, 6.45) is 39.4. The Balaban J connectivity index is 4.33. The van der Waals surface area contributed by atoms with E-state index in [0.717, 1.165) is 69.6 Å². The molecule has 0 aromatic heterocycles. The van der Waals surface area contributed by atoms with Crippen LogP contribution in [0.1, 0.15) is 259 Å². The number of ether oxygens (including phenoxy) is 3. The van der Waals surface area contributed by atoms with Gasteiger partial charge in [-0.2, -0.15) is 0 Å². The highest BCUT2D eigenvalue weighted by Gasteiger charge is 2.19. The molecule has 0 saturated carbocycles. The number of rotatable bonds is 42. The Hall–Kier alpha value is -1.59. The highest BCUT2D eigenvalue weighted by atomic mass is 16.6. The van der Waals surface area contributed by atoms with Crippen molar-refractivity contribution in [2.75, 3.05) is 13.2 Å². The lowest BCUT2D eigenvalue weighted by atomic mass is 10.0. The fraction of sp³-hybridized carbons (Fsp3) is 0.938. The van der Waals surface area contributed by atoms with Gasteiger partial charge in [-0.15, -0.1) is 0 Å². The summed E-state index contributed by atoms with van der Waals surface area (Å²) in [7, 11) is 0. The van der Waals surface area contributed by atoms with Crippen molar-refractivity contribution in [1.82, 2.24) is 0 Å². The molecule has 0 aliphatic carbocycles. The molecule has 0 rings (SSSR count). The third-order valence-electron chi connectivity index (χ3n) is 10.7. The number of esters is 3. The molecule has 0 amide bonds. The summed E-state index contributed by atoms with van der Waals surface area (Å²) < 4.78 is 16.7.